The number of nitrogens with one attached hydrogen (secondary N) is 1. The molecule has 0 aliphatic rings. The van der Waals surface area contributed by atoms with Crippen molar-refractivity contribution in [2.45, 2.75) is 85.3 Å². The Morgan fingerprint density at radius 2 is 1.61 bits per heavy atom. The van der Waals surface area contributed by atoms with Gasteiger partial charge in [0.1, 0.15) is 0 Å². The highest BCUT2D eigenvalue weighted by Crippen LogP contribution is 2.28. The van der Waals surface area contributed by atoms with Gasteiger partial charge in [0.05, 0.1) is 5.60 Å². The van der Waals surface area contributed by atoms with Crippen molar-refractivity contribution < 1.29 is 4.74 Å². The maximum Gasteiger partial charge on any atom is 0.0829 e. The molecule has 0 fully saturated rings. The van der Waals surface area contributed by atoms with Crippen LogP contribution in [0, 0.1) is 5.92 Å². The first-order valence-corrected chi connectivity index (χ1v) is 7.93. The number of ether oxygens (including phenoxy) is 1. The van der Waals surface area contributed by atoms with Gasteiger partial charge < -0.3 is 10.1 Å². The van der Waals surface area contributed by atoms with E-state index in [1.165, 1.54) is 19.3 Å². The number of likely N-dealkylation sites (N-methyl/N-ethyl adjacent to an activating group) is 1. The van der Waals surface area contributed by atoms with Gasteiger partial charge in [-0.2, -0.15) is 0 Å². The standard InChI is InChI=1S/C16H35NO/c1-7-16(8-2,18-10-4)15(17-9-3)13-11-12-14(5)6/h14-15,17H,7-13H2,1-6H3. The zero-order chi connectivity index (χ0) is 14.0. The van der Waals surface area contributed by atoms with Gasteiger partial charge in [0.15, 0.2) is 0 Å². The summed E-state index contributed by atoms with van der Waals surface area (Å²) >= 11 is 0. The van der Waals surface area contributed by atoms with Crippen molar-refractivity contribution in [1.29, 1.82) is 0 Å². The maximum absolute atomic E-state index is 6.14. The van der Waals surface area contributed by atoms with Crippen molar-refractivity contribution in [3.8, 4) is 0 Å². The smallest absolute Gasteiger partial charge is 0.0829 e. The summed E-state index contributed by atoms with van der Waals surface area (Å²) in [4.78, 5) is 0. The molecule has 0 aromatic carbocycles. The zero-order valence-electron chi connectivity index (χ0n) is 13.5. The normalized spacial score (nSPS) is 14.2. The molecule has 0 aromatic heterocycles. The molecule has 0 saturated carbocycles. The lowest BCUT2D eigenvalue weighted by molar-refractivity contribution is -0.0739. The van der Waals surface area contributed by atoms with E-state index in [0.29, 0.717) is 6.04 Å². The first-order chi connectivity index (χ1) is 8.56. The van der Waals surface area contributed by atoms with Crippen LogP contribution in [-0.2, 0) is 4.74 Å². The van der Waals surface area contributed by atoms with Crippen molar-refractivity contribution in [3.05, 3.63) is 0 Å². The quantitative estimate of drug-likeness (QED) is 0.593. The Kier molecular flexibility index (Phi) is 9.76. The zero-order valence-corrected chi connectivity index (χ0v) is 13.5. The molecule has 0 amide bonds. The molecule has 1 atom stereocenters. The fourth-order valence-corrected chi connectivity index (χ4v) is 2.86. The Morgan fingerprint density at radius 3 is 2.00 bits per heavy atom. The Hall–Kier alpha value is -0.0800. The third-order valence-electron chi connectivity index (χ3n) is 3.99. The minimum absolute atomic E-state index is 0.0295. The fourth-order valence-electron chi connectivity index (χ4n) is 2.86. The van der Waals surface area contributed by atoms with Crippen molar-refractivity contribution in [1.82, 2.24) is 5.32 Å². The van der Waals surface area contributed by atoms with Crippen LogP contribution in [0.1, 0.15) is 73.6 Å². The van der Waals surface area contributed by atoms with E-state index in [1.807, 2.05) is 0 Å². The highest BCUT2D eigenvalue weighted by atomic mass is 16.5. The highest BCUT2D eigenvalue weighted by molar-refractivity contribution is 4.91. The summed E-state index contributed by atoms with van der Waals surface area (Å²) < 4.78 is 6.14. The Labute approximate surface area is 115 Å². The first kappa shape index (κ1) is 17.9. The Morgan fingerprint density at radius 1 is 1.00 bits per heavy atom. The largest absolute Gasteiger partial charge is 0.374 e. The molecule has 0 bridgehead atoms. The summed E-state index contributed by atoms with van der Waals surface area (Å²) in [5, 5.41) is 3.66. The molecule has 110 valence electrons. The minimum Gasteiger partial charge on any atom is -0.374 e. The monoisotopic (exact) mass is 257 g/mol. The molecule has 2 nitrogen and oxygen atoms in total. The summed E-state index contributed by atoms with van der Waals surface area (Å²) in [5.41, 5.74) is 0.0295. The average molecular weight is 257 g/mol. The lowest BCUT2D eigenvalue weighted by Crippen LogP contribution is -2.52. The molecule has 0 aliphatic heterocycles. The molecule has 18 heavy (non-hydrogen) atoms. The molecule has 0 aliphatic carbocycles. The Bertz CT molecular complexity index is 188. The van der Waals surface area contributed by atoms with Gasteiger partial charge in [-0.1, -0.05) is 47.5 Å². The van der Waals surface area contributed by atoms with E-state index in [-0.39, 0.29) is 5.60 Å². The van der Waals surface area contributed by atoms with Crippen LogP contribution in [0.25, 0.3) is 0 Å². The predicted molar refractivity (Wildman–Crippen MR) is 81.1 cm³/mol. The van der Waals surface area contributed by atoms with Crippen molar-refractivity contribution in [3.63, 3.8) is 0 Å². The summed E-state index contributed by atoms with van der Waals surface area (Å²) in [7, 11) is 0. The molecule has 0 heterocycles. The van der Waals surface area contributed by atoms with Crippen molar-refractivity contribution in [2.24, 2.45) is 5.92 Å². The van der Waals surface area contributed by atoms with E-state index < -0.39 is 0 Å². The third kappa shape index (κ3) is 5.71. The van der Waals surface area contributed by atoms with E-state index in [0.717, 1.165) is 31.9 Å². The van der Waals surface area contributed by atoms with E-state index in [4.69, 9.17) is 4.74 Å². The van der Waals surface area contributed by atoms with Crippen molar-refractivity contribution in [2.75, 3.05) is 13.2 Å². The van der Waals surface area contributed by atoms with Gasteiger partial charge in [-0.25, -0.2) is 0 Å². The van der Waals surface area contributed by atoms with E-state index in [9.17, 15) is 0 Å². The van der Waals surface area contributed by atoms with Crippen LogP contribution in [0.15, 0.2) is 0 Å². The highest BCUT2D eigenvalue weighted by Gasteiger charge is 2.35. The van der Waals surface area contributed by atoms with Crippen LogP contribution in [-0.4, -0.2) is 24.8 Å². The van der Waals surface area contributed by atoms with Crippen LogP contribution in [0.5, 0.6) is 0 Å². The number of hydrogen-bond acceptors (Lipinski definition) is 2. The third-order valence-corrected chi connectivity index (χ3v) is 3.99. The average Bonchev–Trinajstić information content (AvgIpc) is 2.35. The molecular formula is C16H35NO. The van der Waals surface area contributed by atoms with Gasteiger partial charge in [0.25, 0.3) is 0 Å². The molecule has 0 rings (SSSR count). The molecule has 2 heteroatoms. The first-order valence-electron chi connectivity index (χ1n) is 7.93. The molecule has 1 N–H and O–H groups in total. The van der Waals surface area contributed by atoms with Gasteiger partial charge in [-0.05, 0) is 38.6 Å². The molecule has 0 spiro atoms. The lowest BCUT2D eigenvalue weighted by atomic mass is 9.84. The SMILES string of the molecule is CCNC(CCCC(C)C)C(CC)(CC)OCC. The molecule has 0 radical (unpaired) electrons. The van der Waals surface area contributed by atoms with E-state index in [2.05, 4.69) is 46.9 Å². The molecular weight excluding hydrogens is 222 g/mol. The molecule has 0 saturated heterocycles. The second-order valence-corrected chi connectivity index (χ2v) is 5.64. The van der Waals surface area contributed by atoms with Crippen molar-refractivity contribution >= 4 is 0 Å². The second-order valence-electron chi connectivity index (χ2n) is 5.64. The topological polar surface area (TPSA) is 21.3 Å². The van der Waals surface area contributed by atoms with Crippen LogP contribution >= 0.6 is 0 Å². The van der Waals surface area contributed by atoms with Crippen LogP contribution in [0.2, 0.25) is 0 Å². The van der Waals surface area contributed by atoms with Gasteiger partial charge in [0, 0.05) is 12.6 Å². The van der Waals surface area contributed by atoms with Crippen LogP contribution in [0.3, 0.4) is 0 Å². The van der Waals surface area contributed by atoms with Crippen LogP contribution < -0.4 is 5.32 Å². The number of hydrogen-bond donors (Lipinski definition) is 1. The summed E-state index contributed by atoms with van der Waals surface area (Å²) in [6.45, 7) is 15.3. The lowest BCUT2D eigenvalue weighted by Gasteiger charge is -2.40. The molecule has 1 unspecified atom stereocenters. The predicted octanol–water partition coefficient (Wildman–Crippen LogP) is 4.39. The van der Waals surface area contributed by atoms with E-state index in [1.54, 1.807) is 0 Å². The second kappa shape index (κ2) is 9.80. The van der Waals surface area contributed by atoms with Gasteiger partial charge in [-0.3, -0.25) is 0 Å². The summed E-state index contributed by atoms with van der Waals surface area (Å²) in [5.74, 6) is 0.803. The summed E-state index contributed by atoms with van der Waals surface area (Å²) in [6.07, 6.45) is 6.03. The van der Waals surface area contributed by atoms with Gasteiger partial charge in [-0.15, -0.1) is 0 Å². The minimum atomic E-state index is 0.0295. The van der Waals surface area contributed by atoms with Gasteiger partial charge in [0.2, 0.25) is 0 Å². The Balaban J connectivity index is 4.58. The molecule has 0 aromatic rings. The summed E-state index contributed by atoms with van der Waals surface area (Å²) in [6, 6.07) is 0.496. The van der Waals surface area contributed by atoms with E-state index >= 15 is 0 Å². The van der Waals surface area contributed by atoms with Crippen LogP contribution in [0.4, 0.5) is 0 Å². The fraction of sp³-hybridized carbons (Fsp3) is 1.00. The maximum atomic E-state index is 6.14. The van der Waals surface area contributed by atoms with Gasteiger partial charge >= 0.3 is 0 Å². The number of rotatable bonds is 11.